The molecule has 164 valence electrons. The summed E-state index contributed by atoms with van der Waals surface area (Å²) in [7, 11) is 0. The lowest BCUT2D eigenvalue weighted by molar-refractivity contribution is -0.143. The highest BCUT2D eigenvalue weighted by atomic mass is 19.1. The number of hydrogen-bond acceptors (Lipinski definition) is 3. The fraction of sp³-hybridized carbons (Fsp3) is 0.500. The van der Waals surface area contributed by atoms with Crippen molar-refractivity contribution in [2.24, 2.45) is 5.92 Å². The molecule has 2 heterocycles. The Labute approximate surface area is 183 Å². The van der Waals surface area contributed by atoms with Crippen LogP contribution in [0.1, 0.15) is 43.6 Å². The molecule has 3 atom stereocenters. The molecule has 1 aliphatic carbocycles. The van der Waals surface area contributed by atoms with Gasteiger partial charge in [-0.15, -0.1) is 0 Å². The predicted molar refractivity (Wildman–Crippen MR) is 119 cm³/mol. The van der Waals surface area contributed by atoms with Crippen LogP contribution in [0.4, 0.5) is 4.39 Å². The van der Waals surface area contributed by atoms with Gasteiger partial charge in [0.1, 0.15) is 5.82 Å². The number of rotatable bonds is 4. The van der Waals surface area contributed by atoms with Gasteiger partial charge in [-0.2, -0.15) is 0 Å². The molecule has 0 aromatic heterocycles. The summed E-state index contributed by atoms with van der Waals surface area (Å²) in [6.07, 6.45) is 5.34. The summed E-state index contributed by atoms with van der Waals surface area (Å²) in [5, 5.41) is 10.1. The van der Waals surface area contributed by atoms with E-state index in [0.29, 0.717) is 5.91 Å². The van der Waals surface area contributed by atoms with Gasteiger partial charge in [0.2, 0.25) is 5.91 Å². The smallest absolute Gasteiger partial charge is 0.225 e. The summed E-state index contributed by atoms with van der Waals surface area (Å²) in [6, 6.07) is 15.3. The Morgan fingerprint density at radius 3 is 2.45 bits per heavy atom. The number of nitrogens with zero attached hydrogens (tertiary/aromatic N) is 2. The van der Waals surface area contributed by atoms with Crippen molar-refractivity contribution in [2.75, 3.05) is 26.2 Å². The van der Waals surface area contributed by atoms with Crippen molar-refractivity contribution in [3.8, 4) is 11.1 Å². The van der Waals surface area contributed by atoms with Gasteiger partial charge in [-0.05, 0) is 61.1 Å². The fourth-order valence-electron chi connectivity index (χ4n) is 5.62. The third kappa shape index (κ3) is 3.90. The molecule has 1 saturated carbocycles. The average molecular weight is 423 g/mol. The molecule has 1 amide bonds. The van der Waals surface area contributed by atoms with Crippen LogP contribution in [-0.2, 0) is 4.79 Å². The second kappa shape index (κ2) is 8.71. The quantitative estimate of drug-likeness (QED) is 0.809. The van der Waals surface area contributed by atoms with Crippen molar-refractivity contribution < 1.29 is 14.3 Å². The first-order valence-corrected chi connectivity index (χ1v) is 11.7. The van der Waals surface area contributed by atoms with Crippen LogP contribution in [0, 0.1) is 11.7 Å². The van der Waals surface area contributed by atoms with E-state index in [4.69, 9.17) is 0 Å². The highest BCUT2D eigenvalue weighted by Gasteiger charge is 2.49. The Bertz CT molecular complexity index is 927. The molecular formula is C26H31FN2O2. The Morgan fingerprint density at radius 2 is 1.77 bits per heavy atom. The van der Waals surface area contributed by atoms with E-state index in [-0.39, 0.29) is 36.3 Å². The van der Waals surface area contributed by atoms with Gasteiger partial charge in [-0.1, -0.05) is 42.8 Å². The molecule has 0 unspecified atom stereocenters. The average Bonchev–Trinajstić information content (AvgIpc) is 2.72. The third-order valence-electron chi connectivity index (χ3n) is 7.59. The molecule has 3 aliphatic rings. The molecule has 3 fully saturated rings. The van der Waals surface area contributed by atoms with Gasteiger partial charge < -0.3 is 10.0 Å². The normalized spacial score (nSPS) is 26.9. The highest BCUT2D eigenvalue weighted by Crippen LogP contribution is 2.43. The monoisotopic (exact) mass is 422 g/mol. The van der Waals surface area contributed by atoms with Crippen LogP contribution < -0.4 is 0 Å². The van der Waals surface area contributed by atoms with E-state index in [9.17, 15) is 14.3 Å². The Balaban J connectivity index is 1.37. The summed E-state index contributed by atoms with van der Waals surface area (Å²) in [5.74, 6) is 0.537. The molecule has 1 N–H and O–H groups in total. The maximum Gasteiger partial charge on any atom is 0.225 e. The summed E-state index contributed by atoms with van der Waals surface area (Å²) >= 11 is 0. The van der Waals surface area contributed by atoms with Crippen LogP contribution in [0.3, 0.4) is 0 Å². The van der Waals surface area contributed by atoms with Crippen molar-refractivity contribution in [2.45, 2.75) is 50.1 Å². The first-order chi connectivity index (χ1) is 15.2. The van der Waals surface area contributed by atoms with Crippen molar-refractivity contribution in [3.05, 3.63) is 59.9 Å². The number of fused-ring (bicyclic) bond motifs is 1. The van der Waals surface area contributed by atoms with E-state index < -0.39 is 0 Å². The molecule has 2 aromatic carbocycles. The molecule has 31 heavy (non-hydrogen) atoms. The van der Waals surface area contributed by atoms with Crippen molar-refractivity contribution >= 4 is 5.91 Å². The second-order valence-electron chi connectivity index (χ2n) is 9.33. The zero-order chi connectivity index (χ0) is 21.4. The van der Waals surface area contributed by atoms with Crippen molar-refractivity contribution in [1.82, 2.24) is 9.80 Å². The van der Waals surface area contributed by atoms with Crippen LogP contribution in [0.15, 0.2) is 48.5 Å². The van der Waals surface area contributed by atoms with Crippen LogP contribution in [0.5, 0.6) is 0 Å². The topological polar surface area (TPSA) is 43.8 Å². The first kappa shape index (κ1) is 20.7. The summed E-state index contributed by atoms with van der Waals surface area (Å²) in [5.41, 5.74) is 3.04. The second-order valence-corrected chi connectivity index (χ2v) is 9.33. The lowest BCUT2D eigenvalue weighted by Crippen LogP contribution is -2.68. The van der Waals surface area contributed by atoms with E-state index in [1.54, 1.807) is 12.1 Å². The number of carbonyl (C=O) groups is 1. The maximum absolute atomic E-state index is 13.6. The molecule has 0 spiro atoms. The van der Waals surface area contributed by atoms with Crippen LogP contribution in [0.2, 0.25) is 0 Å². The maximum atomic E-state index is 13.6. The number of benzene rings is 2. The summed E-state index contributed by atoms with van der Waals surface area (Å²) in [6.45, 7) is 2.72. The Kier molecular flexibility index (Phi) is 5.81. The molecule has 2 saturated heterocycles. The van der Waals surface area contributed by atoms with Gasteiger partial charge in [0.25, 0.3) is 0 Å². The van der Waals surface area contributed by atoms with Crippen LogP contribution >= 0.6 is 0 Å². The lowest BCUT2D eigenvalue weighted by atomic mass is 9.74. The molecule has 4 nitrogen and oxygen atoms in total. The zero-order valence-electron chi connectivity index (χ0n) is 17.9. The Morgan fingerprint density at radius 1 is 1.00 bits per heavy atom. The van der Waals surface area contributed by atoms with Gasteiger partial charge in [0.15, 0.2) is 0 Å². The summed E-state index contributed by atoms with van der Waals surface area (Å²) < 4.78 is 13.6. The van der Waals surface area contributed by atoms with Gasteiger partial charge in [0.05, 0.1) is 6.61 Å². The number of hydrogen-bond donors (Lipinski definition) is 1. The largest absolute Gasteiger partial charge is 0.395 e. The number of halogens is 1. The number of amides is 1. The number of carbonyl (C=O) groups excluding carboxylic acids is 1. The van der Waals surface area contributed by atoms with Gasteiger partial charge in [0, 0.05) is 37.0 Å². The standard InChI is InChI=1S/C26H31FN2O2/c27-22-8-4-7-21(15-22)18-9-11-19(12-10-18)25-23-16-28(26(31)20-5-3-6-20)13-1-2-14-29(23)24(25)17-30/h4,7-12,15,20,23-25,30H,1-3,5-6,13-14,16-17H2/t23-,24+,25+/m1/s1. The summed E-state index contributed by atoms with van der Waals surface area (Å²) in [4.78, 5) is 17.5. The number of aliphatic hydroxyl groups excluding tert-OH is 1. The molecule has 0 radical (unpaired) electrons. The van der Waals surface area contributed by atoms with E-state index in [1.807, 2.05) is 18.2 Å². The van der Waals surface area contributed by atoms with E-state index >= 15 is 0 Å². The Hall–Kier alpha value is -2.24. The van der Waals surface area contributed by atoms with Gasteiger partial charge in [-0.3, -0.25) is 9.69 Å². The van der Waals surface area contributed by atoms with Gasteiger partial charge >= 0.3 is 0 Å². The molecular weight excluding hydrogens is 391 g/mol. The third-order valence-corrected chi connectivity index (χ3v) is 7.59. The van der Waals surface area contributed by atoms with Crippen LogP contribution in [0.25, 0.3) is 11.1 Å². The van der Waals surface area contributed by atoms with E-state index in [0.717, 1.165) is 56.4 Å². The fourth-order valence-corrected chi connectivity index (χ4v) is 5.62. The highest BCUT2D eigenvalue weighted by molar-refractivity contribution is 5.79. The first-order valence-electron chi connectivity index (χ1n) is 11.7. The minimum absolute atomic E-state index is 0.101. The predicted octanol–water partition coefficient (Wildman–Crippen LogP) is 4.04. The molecule has 5 heteroatoms. The SMILES string of the molecule is O=C(C1CCC1)N1CCCCN2[C@H](C1)[C@H](c1ccc(-c3cccc(F)c3)cc1)[C@@H]2CO. The molecule has 0 bridgehead atoms. The molecule has 2 aliphatic heterocycles. The van der Waals surface area contributed by atoms with Crippen molar-refractivity contribution in [1.29, 1.82) is 0 Å². The van der Waals surface area contributed by atoms with Gasteiger partial charge in [-0.25, -0.2) is 4.39 Å². The molecule has 5 rings (SSSR count). The van der Waals surface area contributed by atoms with E-state index in [2.05, 4.69) is 21.9 Å². The van der Waals surface area contributed by atoms with Crippen LogP contribution in [-0.4, -0.2) is 59.1 Å². The minimum Gasteiger partial charge on any atom is -0.395 e. The molecule has 2 aromatic rings. The van der Waals surface area contributed by atoms with E-state index in [1.165, 1.54) is 18.1 Å². The van der Waals surface area contributed by atoms with Crippen molar-refractivity contribution in [3.63, 3.8) is 0 Å². The minimum atomic E-state index is -0.234. The number of aliphatic hydroxyl groups is 1. The zero-order valence-corrected chi connectivity index (χ0v) is 17.9. The lowest BCUT2D eigenvalue weighted by Gasteiger charge is -2.57.